The summed E-state index contributed by atoms with van der Waals surface area (Å²) in [6, 6.07) is 14.3. The summed E-state index contributed by atoms with van der Waals surface area (Å²) in [7, 11) is 0. The average molecular weight is 629 g/mol. The topological polar surface area (TPSA) is 117 Å². The highest BCUT2D eigenvalue weighted by atomic mass is 79.9. The van der Waals surface area contributed by atoms with Crippen LogP contribution >= 0.6 is 38.9 Å². The fourth-order valence-electron chi connectivity index (χ4n) is 4.27. The van der Waals surface area contributed by atoms with E-state index in [9.17, 15) is 19.7 Å². The Balaban J connectivity index is 1.61. The number of nitrogens with zero attached hydrogens (tertiary/aromatic N) is 3. The number of rotatable bonds is 6. The number of thiazole rings is 1. The van der Waals surface area contributed by atoms with Gasteiger partial charge in [0, 0.05) is 22.2 Å². The van der Waals surface area contributed by atoms with E-state index < -0.39 is 16.9 Å². The third kappa shape index (κ3) is 5.12. The predicted molar refractivity (Wildman–Crippen MR) is 150 cm³/mol. The second-order valence-corrected chi connectivity index (χ2v) is 10.8. The van der Waals surface area contributed by atoms with Crippen molar-refractivity contribution < 1.29 is 18.9 Å². The SMILES string of the molecule is CCOC(=O)C1=C(C)N=c2s/c(=C\c3ccc(-c4ccc(Cl)c([N+](=O)[O-])c4)o3)c(=O)n2[C@H]1c1ccc(Br)cc1. The summed E-state index contributed by atoms with van der Waals surface area (Å²) in [6.45, 7) is 3.63. The van der Waals surface area contributed by atoms with Crippen molar-refractivity contribution in [2.45, 2.75) is 19.9 Å². The molecule has 198 valence electrons. The first-order valence-electron chi connectivity index (χ1n) is 11.7. The Morgan fingerprint density at radius 1 is 1.26 bits per heavy atom. The third-order valence-electron chi connectivity index (χ3n) is 6.03. The van der Waals surface area contributed by atoms with Gasteiger partial charge >= 0.3 is 5.97 Å². The van der Waals surface area contributed by atoms with E-state index in [0.717, 1.165) is 10.0 Å². The molecule has 3 heterocycles. The summed E-state index contributed by atoms with van der Waals surface area (Å²) >= 11 is 10.5. The molecule has 1 aliphatic rings. The lowest BCUT2D eigenvalue weighted by Crippen LogP contribution is -2.39. The van der Waals surface area contributed by atoms with Gasteiger partial charge in [-0.15, -0.1) is 0 Å². The largest absolute Gasteiger partial charge is 0.463 e. The summed E-state index contributed by atoms with van der Waals surface area (Å²) in [5.41, 5.74) is 1.38. The normalized spacial score (nSPS) is 15.2. The maximum Gasteiger partial charge on any atom is 0.338 e. The summed E-state index contributed by atoms with van der Waals surface area (Å²) in [5.74, 6) is 0.213. The Morgan fingerprint density at radius 2 is 2.00 bits per heavy atom. The minimum atomic E-state index is -0.725. The Hall–Kier alpha value is -3.80. The van der Waals surface area contributed by atoms with Crippen molar-refractivity contribution in [1.82, 2.24) is 4.57 Å². The number of nitro benzene ring substituents is 1. The molecular formula is C27H19BrClN3O6S. The van der Waals surface area contributed by atoms with Crippen LogP contribution in [0, 0.1) is 10.1 Å². The van der Waals surface area contributed by atoms with E-state index in [0.29, 0.717) is 37.7 Å². The molecule has 0 N–H and O–H groups in total. The van der Waals surface area contributed by atoms with Crippen molar-refractivity contribution in [2.75, 3.05) is 6.61 Å². The molecule has 9 nitrogen and oxygen atoms in total. The van der Waals surface area contributed by atoms with E-state index in [4.69, 9.17) is 20.8 Å². The van der Waals surface area contributed by atoms with Crippen LogP contribution in [-0.2, 0) is 9.53 Å². The zero-order valence-electron chi connectivity index (χ0n) is 20.5. The quantitative estimate of drug-likeness (QED) is 0.161. The van der Waals surface area contributed by atoms with Gasteiger partial charge < -0.3 is 9.15 Å². The first kappa shape index (κ1) is 26.8. The monoisotopic (exact) mass is 627 g/mol. The summed E-state index contributed by atoms with van der Waals surface area (Å²) in [5, 5.41) is 11.3. The number of benzene rings is 2. The number of aromatic nitrogens is 1. The summed E-state index contributed by atoms with van der Waals surface area (Å²) < 4.78 is 13.9. The second-order valence-electron chi connectivity index (χ2n) is 8.48. The first-order chi connectivity index (χ1) is 18.7. The number of hydrogen-bond acceptors (Lipinski definition) is 8. The van der Waals surface area contributed by atoms with Crippen LogP contribution in [0.2, 0.25) is 5.02 Å². The molecule has 5 rings (SSSR count). The van der Waals surface area contributed by atoms with Crippen molar-refractivity contribution in [3.05, 3.63) is 116 Å². The molecule has 0 amide bonds. The second kappa shape index (κ2) is 10.8. The number of carbonyl (C=O) groups excluding carboxylic acids is 1. The average Bonchev–Trinajstić information content (AvgIpc) is 3.48. The highest BCUT2D eigenvalue weighted by Gasteiger charge is 2.33. The van der Waals surface area contributed by atoms with Gasteiger partial charge in [-0.05, 0) is 55.8 Å². The van der Waals surface area contributed by atoms with Crippen LogP contribution in [-0.4, -0.2) is 22.1 Å². The molecule has 2 aromatic carbocycles. The number of halogens is 2. The van der Waals surface area contributed by atoms with Crippen LogP contribution in [0.15, 0.2) is 84.5 Å². The van der Waals surface area contributed by atoms with Crippen LogP contribution < -0.4 is 14.9 Å². The molecule has 2 aromatic heterocycles. The van der Waals surface area contributed by atoms with Gasteiger partial charge in [-0.2, -0.15) is 0 Å². The van der Waals surface area contributed by atoms with E-state index in [1.54, 1.807) is 38.1 Å². The first-order valence-corrected chi connectivity index (χ1v) is 13.7. The van der Waals surface area contributed by atoms with Gasteiger partial charge in [0.25, 0.3) is 11.2 Å². The highest BCUT2D eigenvalue weighted by Crippen LogP contribution is 2.32. The summed E-state index contributed by atoms with van der Waals surface area (Å²) in [6.07, 6.45) is 1.58. The van der Waals surface area contributed by atoms with E-state index in [1.165, 1.54) is 28.0 Å². The fraction of sp³-hybridized carbons (Fsp3) is 0.148. The Morgan fingerprint density at radius 3 is 2.69 bits per heavy atom. The van der Waals surface area contributed by atoms with Crippen molar-refractivity contribution in [3.8, 4) is 11.3 Å². The number of allylic oxidation sites excluding steroid dienone is 1. The van der Waals surface area contributed by atoms with Gasteiger partial charge in [0.1, 0.15) is 16.5 Å². The molecule has 0 spiro atoms. The highest BCUT2D eigenvalue weighted by molar-refractivity contribution is 9.10. The van der Waals surface area contributed by atoms with E-state index in [1.807, 2.05) is 24.3 Å². The Labute approximate surface area is 238 Å². The molecule has 0 bridgehead atoms. The standard InChI is InChI=1S/C27H19BrClN3O6S/c1-3-37-26(34)23-14(2)30-27-31(24(23)15-4-7-17(28)8-5-15)25(33)22(39-27)13-18-9-11-21(38-18)16-6-10-19(29)20(12-16)32(35)36/h4-13,24H,3H2,1-2H3/b22-13-/t24-/m0/s1. The van der Waals surface area contributed by atoms with Crippen molar-refractivity contribution in [2.24, 2.45) is 4.99 Å². The number of hydrogen-bond donors (Lipinski definition) is 0. The lowest BCUT2D eigenvalue weighted by molar-refractivity contribution is -0.384. The van der Waals surface area contributed by atoms with E-state index >= 15 is 0 Å². The van der Waals surface area contributed by atoms with Crippen molar-refractivity contribution >= 4 is 56.6 Å². The lowest BCUT2D eigenvalue weighted by Gasteiger charge is -2.24. The maximum atomic E-state index is 13.7. The minimum absolute atomic E-state index is 0.0226. The molecule has 4 aromatic rings. The molecule has 12 heteroatoms. The molecule has 0 aliphatic carbocycles. The van der Waals surface area contributed by atoms with E-state index in [2.05, 4.69) is 20.9 Å². The number of carbonyl (C=O) groups is 1. The predicted octanol–water partition coefficient (Wildman–Crippen LogP) is 5.38. The van der Waals surface area contributed by atoms with Gasteiger partial charge in [0.2, 0.25) is 0 Å². The molecular weight excluding hydrogens is 610 g/mol. The Kier molecular flexibility index (Phi) is 7.39. The maximum absolute atomic E-state index is 13.7. The van der Waals surface area contributed by atoms with Crippen LogP contribution in [0.5, 0.6) is 0 Å². The molecule has 0 unspecified atom stereocenters. The van der Waals surface area contributed by atoms with E-state index in [-0.39, 0.29) is 22.9 Å². The zero-order valence-corrected chi connectivity index (χ0v) is 23.7. The number of furan rings is 1. The molecule has 1 atom stereocenters. The van der Waals surface area contributed by atoms with Crippen molar-refractivity contribution in [3.63, 3.8) is 0 Å². The van der Waals surface area contributed by atoms with Crippen LogP contribution in [0.25, 0.3) is 17.4 Å². The molecule has 0 radical (unpaired) electrons. The van der Waals surface area contributed by atoms with Gasteiger partial charge in [-0.25, -0.2) is 9.79 Å². The van der Waals surface area contributed by atoms with Crippen LogP contribution in [0.1, 0.15) is 31.2 Å². The van der Waals surface area contributed by atoms with Gasteiger partial charge in [-0.3, -0.25) is 19.5 Å². The number of ether oxygens (including phenoxy) is 1. The van der Waals surface area contributed by atoms with Gasteiger partial charge in [-0.1, -0.05) is 51.0 Å². The van der Waals surface area contributed by atoms with Gasteiger partial charge in [0.15, 0.2) is 4.80 Å². The van der Waals surface area contributed by atoms with Crippen LogP contribution in [0.4, 0.5) is 5.69 Å². The van der Waals surface area contributed by atoms with Gasteiger partial charge in [0.05, 0.1) is 33.4 Å². The molecule has 0 saturated carbocycles. The molecule has 1 aliphatic heterocycles. The molecule has 0 saturated heterocycles. The fourth-order valence-corrected chi connectivity index (χ4v) is 5.75. The number of esters is 1. The molecule has 39 heavy (non-hydrogen) atoms. The van der Waals surface area contributed by atoms with Crippen molar-refractivity contribution in [1.29, 1.82) is 0 Å². The molecule has 0 fully saturated rings. The van der Waals surface area contributed by atoms with Crippen LogP contribution in [0.3, 0.4) is 0 Å². The third-order valence-corrected chi connectivity index (χ3v) is 7.86. The smallest absolute Gasteiger partial charge is 0.338 e. The zero-order chi connectivity index (χ0) is 27.8. The number of nitro groups is 1. The minimum Gasteiger partial charge on any atom is -0.463 e. The summed E-state index contributed by atoms with van der Waals surface area (Å²) in [4.78, 5) is 42.4. The number of fused-ring (bicyclic) bond motifs is 1. The lowest BCUT2D eigenvalue weighted by atomic mass is 9.96. The Bertz CT molecular complexity index is 1840.